The van der Waals surface area contributed by atoms with Gasteiger partial charge in [0.15, 0.2) is 0 Å². The van der Waals surface area contributed by atoms with E-state index >= 15 is 0 Å². The average molecular weight is 234 g/mol. The molecule has 1 aromatic carbocycles. The van der Waals surface area contributed by atoms with Gasteiger partial charge in [-0.15, -0.1) is 6.58 Å². The van der Waals surface area contributed by atoms with Crippen LogP contribution in [-0.2, 0) is 0 Å². The van der Waals surface area contributed by atoms with E-state index in [0.717, 1.165) is 36.0 Å². The van der Waals surface area contributed by atoms with Gasteiger partial charge in [-0.25, -0.2) is 0 Å². The number of aromatic hydroxyl groups is 1. The molecule has 0 radical (unpaired) electrons. The topological polar surface area (TPSA) is 40.5 Å². The minimum atomic E-state index is 0.0231. The smallest absolute Gasteiger partial charge is 0.119 e. The highest BCUT2D eigenvalue weighted by atomic mass is 16.3. The maximum atomic E-state index is 9.87. The third kappa shape index (κ3) is 4.23. The van der Waals surface area contributed by atoms with Crippen molar-refractivity contribution in [3.63, 3.8) is 0 Å². The standard InChI is InChI=1S/C15H22O2/c1-11(2)5-4-6-13(10-16)14-8-7-12(3)9-15(14)17/h7-9,13,16-17H,1,4-6,10H2,2-3H3/t13-/m1/s1. The van der Waals surface area contributed by atoms with E-state index in [1.165, 1.54) is 0 Å². The Labute approximate surface area is 104 Å². The summed E-state index contributed by atoms with van der Waals surface area (Å²) >= 11 is 0. The fourth-order valence-electron chi connectivity index (χ4n) is 1.99. The monoisotopic (exact) mass is 234 g/mol. The summed E-state index contributed by atoms with van der Waals surface area (Å²) in [5.41, 5.74) is 3.04. The van der Waals surface area contributed by atoms with Crippen molar-refractivity contribution in [1.29, 1.82) is 0 Å². The molecule has 0 heterocycles. The van der Waals surface area contributed by atoms with Gasteiger partial charge in [0.25, 0.3) is 0 Å². The fourth-order valence-corrected chi connectivity index (χ4v) is 1.99. The average Bonchev–Trinajstić information content (AvgIpc) is 2.25. The molecule has 2 heteroatoms. The van der Waals surface area contributed by atoms with Crippen LogP contribution in [0, 0.1) is 6.92 Å². The summed E-state index contributed by atoms with van der Waals surface area (Å²) in [7, 11) is 0. The molecule has 1 atom stereocenters. The number of allylic oxidation sites excluding steroid dienone is 1. The van der Waals surface area contributed by atoms with Gasteiger partial charge >= 0.3 is 0 Å². The van der Waals surface area contributed by atoms with Gasteiger partial charge in [-0.1, -0.05) is 17.7 Å². The largest absolute Gasteiger partial charge is 0.508 e. The van der Waals surface area contributed by atoms with E-state index in [9.17, 15) is 10.2 Å². The number of phenols is 1. The first-order valence-electron chi connectivity index (χ1n) is 6.09. The maximum absolute atomic E-state index is 9.87. The second-order valence-corrected chi connectivity index (χ2v) is 4.79. The van der Waals surface area contributed by atoms with Crippen LogP contribution in [0.4, 0.5) is 0 Å². The van der Waals surface area contributed by atoms with Gasteiger partial charge in [0.2, 0.25) is 0 Å². The van der Waals surface area contributed by atoms with Gasteiger partial charge in [0, 0.05) is 5.92 Å². The molecule has 1 aromatic rings. The molecule has 1 rings (SSSR count). The Morgan fingerprint density at radius 2 is 2.12 bits per heavy atom. The van der Waals surface area contributed by atoms with Crippen molar-refractivity contribution in [3.05, 3.63) is 41.5 Å². The molecule has 0 aliphatic carbocycles. The first kappa shape index (κ1) is 13.8. The molecule has 0 spiro atoms. The number of benzene rings is 1. The highest BCUT2D eigenvalue weighted by Crippen LogP contribution is 2.30. The Bertz CT molecular complexity index is 383. The number of aryl methyl sites for hydroxylation is 1. The van der Waals surface area contributed by atoms with E-state index in [2.05, 4.69) is 6.58 Å². The molecule has 94 valence electrons. The minimum absolute atomic E-state index is 0.0231. The van der Waals surface area contributed by atoms with Crippen LogP contribution in [-0.4, -0.2) is 16.8 Å². The van der Waals surface area contributed by atoms with Crippen LogP contribution >= 0.6 is 0 Å². The first-order valence-corrected chi connectivity index (χ1v) is 6.09. The minimum Gasteiger partial charge on any atom is -0.508 e. The molecule has 17 heavy (non-hydrogen) atoms. The normalized spacial score (nSPS) is 12.4. The molecule has 0 saturated carbocycles. The molecule has 0 saturated heterocycles. The van der Waals surface area contributed by atoms with Gasteiger partial charge in [-0.3, -0.25) is 0 Å². The number of hydrogen-bond donors (Lipinski definition) is 2. The Kier molecular flexibility index (Phi) is 5.23. The zero-order chi connectivity index (χ0) is 12.8. The van der Waals surface area contributed by atoms with Crippen molar-refractivity contribution in [1.82, 2.24) is 0 Å². The second-order valence-electron chi connectivity index (χ2n) is 4.79. The summed E-state index contributed by atoms with van der Waals surface area (Å²) in [6, 6.07) is 5.62. The molecule has 0 aliphatic rings. The fraction of sp³-hybridized carbons (Fsp3) is 0.467. The van der Waals surface area contributed by atoms with Crippen LogP contribution < -0.4 is 0 Å². The third-order valence-electron chi connectivity index (χ3n) is 3.00. The lowest BCUT2D eigenvalue weighted by Crippen LogP contribution is -2.04. The lowest BCUT2D eigenvalue weighted by atomic mass is 9.92. The molecule has 0 unspecified atom stereocenters. The molecule has 0 amide bonds. The number of aliphatic hydroxyl groups is 1. The van der Waals surface area contributed by atoms with Crippen molar-refractivity contribution in [3.8, 4) is 5.75 Å². The van der Waals surface area contributed by atoms with Crippen LogP contribution in [0.15, 0.2) is 30.4 Å². The zero-order valence-corrected chi connectivity index (χ0v) is 10.7. The summed E-state index contributed by atoms with van der Waals surface area (Å²) in [5.74, 6) is 0.314. The van der Waals surface area contributed by atoms with Gasteiger partial charge < -0.3 is 10.2 Å². The van der Waals surface area contributed by atoms with Crippen molar-refractivity contribution in [2.45, 2.75) is 39.0 Å². The predicted octanol–water partition coefficient (Wildman–Crippen LogP) is 3.52. The summed E-state index contributed by atoms with van der Waals surface area (Å²) < 4.78 is 0. The molecule has 2 nitrogen and oxygen atoms in total. The van der Waals surface area contributed by atoms with Crippen molar-refractivity contribution in [2.24, 2.45) is 0 Å². The number of hydrogen-bond acceptors (Lipinski definition) is 2. The van der Waals surface area contributed by atoms with Crippen LogP contribution in [0.1, 0.15) is 43.2 Å². The van der Waals surface area contributed by atoms with Crippen molar-refractivity contribution < 1.29 is 10.2 Å². The Hall–Kier alpha value is -1.28. The van der Waals surface area contributed by atoms with E-state index in [0.29, 0.717) is 5.75 Å². The number of rotatable bonds is 6. The summed E-state index contributed by atoms with van der Waals surface area (Å²) in [5, 5.41) is 19.3. The summed E-state index contributed by atoms with van der Waals surface area (Å²) in [4.78, 5) is 0. The van der Waals surface area contributed by atoms with E-state index in [-0.39, 0.29) is 12.5 Å². The van der Waals surface area contributed by atoms with Crippen LogP contribution in [0.2, 0.25) is 0 Å². The molecule has 0 fully saturated rings. The Morgan fingerprint density at radius 1 is 1.41 bits per heavy atom. The van der Waals surface area contributed by atoms with E-state index in [4.69, 9.17) is 0 Å². The Morgan fingerprint density at radius 3 is 2.65 bits per heavy atom. The maximum Gasteiger partial charge on any atom is 0.119 e. The highest BCUT2D eigenvalue weighted by molar-refractivity contribution is 5.38. The quantitative estimate of drug-likeness (QED) is 0.739. The highest BCUT2D eigenvalue weighted by Gasteiger charge is 2.14. The third-order valence-corrected chi connectivity index (χ3v) is 3.00. The zero-order valence-electron chi connectivity index (χ0n) is 10.7. The lowest BCUT2D eigenvalue weighted by Gasteiger charge is -2.16. The van der Waals surface area contributed by atoms with Gasteiger partial charge in [0.05, 0.1) is 6.61 Å². The number of phenolic OH excluding ortho intramolecular Hbond substituents is 1. The lowest BCUT2D eigenvalue weighted by molar-refractivity contribution is 0.254. The van der Waals surface area contributed by atoms with E-state index in [1.807, 2.05) is 26.0 Å². The molecule has 0 bridgehead atoms. The van der Waals surface area contributed by atoms with Crippen molar-refractivity contribution in [2.75, 3.05) is 6.61 Å². The Balaban J connectivity index is 2.69. The molecule has 0 aliphatic heterocycles. The predicted molar refractivity (Wildman–Crippen MR) is 71.3 cm³/mol. The summed E-state index contributed by atoms with van der Waals surface area (Å²) in [6.07, 6.45) is 2.84. The van der Waals surface area contributed by atoms with Gasteiger partial charge in [0.1, 0.15) is 5.75 Å². The van der Waals surface area contributed by atoms with E-state index in [1.54, 1.807) is 6.07 Å². The molecule has 0 aromatic heterocycles. The molecular weight excluding hydrogens is 212 g/mol. The first-order chi connectivity index (χ1) is 8.04. The van der Waals surface area contributed by atoms with Crippen LogP contribution in [0.3, 0.4) is 0 Å². The molecular formula is C15H22O2. The van der Waals surface area contributed by atoms with Crippen LogP contribution in [0.25, 0.3) is 0 Å². The van der Waals surface area contributed by atoms with Crippen LogP contribution in [0.5, 0.6) is 5.75 Å². The van der Waals surface area contributed by atoms with E-state index < -0.39 is 0 Å². The number of aliphatic hydroxyl groups excluding tert-OH is 1. The second kappa shape index (κ2) is 6.45. The molecule has 2 N–H and O–H groups in total. The van der Waals surface area contributed by atoms with Crippen molar-refractivity contribution >= 4 is 0 Å². The summed E-state index contributed by atoms with van der Waals surface area (Å²) in [6.45, 7) is 7.90. The SMILES string of the molecule is C=C(C)CCC[C@H](CO)c1ccc(C)cc1O. The van der Waals surface area contributed by atoms with Gasteiger partial charge in [-0.2, -0.15) is 0 Å². The van der Waals surface area contributed by atoms with Gasteiger partial charge in [-0.05, 0) is 50.3 Å².